The maximum absolute atomic E-state index is 12.7. The zero-order valence-corrected chi connectivity index (χ0v) is 14.5. The molecule has 3 aromatic heterocycles. The zero-order valence-electron chi connectivity index (χ0n) is 14.5. The van der Waals surface area contributed by atoms with Crippen molar-refractivity contribution in [1.29, 1.82) is 0 Å². The van der Waals surface area contributed by atoms with Gasteiger partial charge in [-0.1, -0.05) is 6.07 Å². The van der Waals surface area contributed by atoms with Gasteiger partial charge in [0, 0.05) is 51.0 Å². The highest BCUT2D eigenvalue weighted by molar-refractivity contribution is 5.93. The van der Waals surface area contributed by atoms with Crippen molar-refractivity contribution >= 4 is 17.4 Å². The van der Waals surface area contributed by atoms with Gasteiger partial charge in [0.2, 0.25) is 0 Å². The van der Waals surface area contributed by atoms with Crippen LogP contribution in [0.25, 0.3) is 5.65 Å². The van der Waals surface area contributed by atoms with Crippen molar-refractivity contribution in [1.82, 2.24) is 24.3 Å². The molecule has 1 amide bonds. The summed E-state index contributed by atoms with van der Waals surface area (Å²) in [7, 11) is 1.71. The molecule has 0 bridgehead atoms. The van der Waals surface area contributed by atoms with Crippen molar-refractivity contribution in [3.63, 3.8) is 0 Å². The van der Waals surface area contributed by atoms with Gasteiger partial charge in [-0.2, -0.15) is 0 Å². The molecule has 1 aliphatic rings. The number of anilines is 1. The van der Waals surface area contributed by atoms with Crippen molar-refractivity contribution in [2.24, 2.45) is 7.05 Å². The van der Waals surface area contributed by atoms with E-state index in [4.69, 9.17) is 0 Å². The van der Waals surface area contributed by atoms with Crippen LogP contribution in [-0.2, 0) is 7.05 Å². The first kappa shape index (κ1) is 16.3. The van der Waals surface area contributed by atoms with Gasteiger partial charge in [-0.05, 0) is 25.0 Å². The number of carbonyl (C=O) groups excluding carboxylic acids is 1. The first-order valence-corrected chi connectivity index (χ1v) is 8.63. The molecule has 8 nitrogen and oxygen atoms in total. The predicted octanol–water partition coefficient (Wildman–Crippen LogP) is 0.827. The monoisotopic (exact) mass is 352 g/mol. The minimum absolute atomic E-state index is 0.0401. The van der Waals surface area contributed by atoms with E-state index in [0.717, 1.165) is 25.0 Å². The Bertz CT molecular complexity index is 1010. The van der Waals surface area contributed by atoms with E-state index in [9.17, 15) is 9.59 Å². The highest BCUT2D eigenvalue weighted by Crippen LogP contribution is 2.15. The molecule has 0 aromatic carbocycles. The predicted molar refractivity (Wildman–Crippen MR) is 97.4 cm³/mol. The number of hydrogen-bond donors (Lipinski definition) is 1. The Morgan fingerprint density at radius 3 is 2.96 bits per heavy atom. The number of nitrogens with zero attached hydrogens (tertiary/aromatic N) is 5. The Labute approximate surface area is 150 Å². The molecule has 4 heterocycles. The third kappa shape index (κ3) is 2.94. The Morgan fingerprint density at radius 2 is 2.08 bits per heavy atom. The third-order valence-electron chi connectivity index (χ3n) is 4.72. The third-order valence-corrected chi connectivity index (χ3v) is 4.72. The fourth-order valence-corrected chi connectivity index (χ4v) is 3.38. The highest BCUT2D eigenvalue weighted by atomic mass is 16.2. The molecule has 4 rings (SSSR count). The number of carbonyl (C=O) groups is 1. The summed E-state index contributed by atoms with van der Waals surface area (Å²) in [6, 6.07) is 5.42. The topological polar surface area (TPSA) is 84.5 Å². The van der Waals surface area contributed by atoms with Gasteiger partial charge in [-0.3, -0.25) is 14.0 Å². The smallest absolute Gasteiger partial charge is 0.293 e. The molecule has 1 aliphatic heterocycles. The van der Waals surface area contributed by atoms with Crippen LogP contribution in [0.2, 0.25) is 0 Å². The maximum Gasteiger partial charge on any atom is 0.293 e. The number of nitrogens with one attached hydrogen (secondary N) is 1. The van der Waals surface area contributed by atoms with Crippen LogP contribution in [0.3, 0.4) is 0 Å². The van der Waals surface area contributed by atoms with Gasteiger partial charge in [0.05, 0.1) is 0 Å². The zero-order chi connectivity index (χ0) is 18.1. The summed E-state index contributed by atoms with van der Waals surface area (Å²) in [6.45, 7) is 1.33. The first-order chi connectivity index (χ1) is 12.6. The second kappa shape index (κ2) is 6.62. The molecule has 0 radical (unpaired) electrons. The van der Waals surface area contributed by atoms with Crippen LogP contribution in [0.5, 0.6) is 0 Å². The Morgan fingerprint density at radius 1 is 1.23 bits per heavy atom. The Hall–Kier alpha value is -3.16. The molecular weight excluding hydrogens is 332 g/mol. The van der Waals surface area contributed by atoms with Crippen molar-refractivity contribution in [3.05, 3.63) is 59.0 Å². The Kier molecular flexibility index (Phi) is 4.16. The lowest BCUT2D eigenvalue weighted by Crippen LogP contribution is -2.49. The summed E-state index contributed by atoms with van der Waals surface area (Å²) in [4.78, 5) is 35.4. The lowest BCUT2D eigenvalue weighted by Gasteiger charge is -2.33. The quantitative estimate of drug-likeness (QED) is 0.755. The van der Waals surface area contributed by atoms with E-state index < -0.39 is 0 Å². The van der Waals surface area contributed by atoms with E-state index in [-0.39, 0.29) is 17.5 Å². The average Bonchev–Trinajstić information content (AvgIpc) is 3.13. The van der Waals surface area contributed by atoms with Crippen LogP contribution in [0, 0.1) is 0 Å². The van der Waals surface area contributed by atoms with E-state index in [0.29, 0.717) is 18.1 Å². The molecule has 0 spiro atoms. The lowest BCUT2D eigenvalue weighted by molar-refractivity contribution is 0.0926. The van der Waals surface area contributed by atoms with Gasteiger partial charge in [0.25, 0.3) is 11.5 Å². The first-order valence-electron chi connectivity index (χ1n) is 8.63. The van der Waals surface area contributed by atoms with Gasteiger partial charge in [0.1, 0.15) is 11.3 Å². The van der Waals surface area contributed by atoms with Crippen LogP contribution in [-0.4, -0.2) is 44.0 Å². The molecule has 1 N–H and O–H groups in total. The van der Waals surface area contributed by atoms with Gasteiger partial charge < -0.3 is 14.8 Å². The molecule has 0 aliphatic carbocycles. The van der Waals surface area contributed by atoms with Crippen molar-refractivity contribution in [2.45, 2.75) is 18.9 Å². The number of amides is 1. The number of aryl methyl sites for hydroxylation is 1. The standard InChI is InChI=1S/C18H20N6O2/c1-22-10-7-20-16(18(22)26)23-9-3-4-13(12-23)21-17(25)14-5-2-6-15-19-8-11-24(14)15/h2,5-8,10-11,13H,3-4,9,12H2,1H3,(H,21,25)/t13-/m0/s1. The van der Waals surface area contributed by atoms with Gasteiger partial charge in [0.15, 0.2) is 5.82 Å². The SMILES string of the molecule is Cn1ccnc(N2CCC[C@H](NC(=O)c3cccc4nccn34)C2)c1=O. The number of imidazole rings is 1. The van der Waals surface area contributed by atoms with Crippen molar-refractivity contribution < 1.29 is 4.79 Å². The van der Waals surface area contributed by atoms with Gasteiger partial charge >= 0.3 is 0 Å². The number of aromatic nitrogens is 4. The van der Waals surface area contributed by atoms with Crippen LogP contribution in [0.4, 0.5) is 5.82 Å². The summed E-state index contributed by atoms with van der Waals surface area (Å²) in [5.74, 6) is 0.292. The maximum atomic E-state index is 12.7. The second-order valence-corrected chi connectivity index (χ2v) is 6.49. The van der Waals surface area contributed by atoms with E-state index in [2.05, 4.69) is 15.3 Å². The van der Waals surface area contributed by atoms with Crippen LogP contribution < -0.4 is 15.8 Å². The molecule has 1 fully saturated rings. The molecular formula is C18H20N6O2. The second-order valence-electron chi connectivity index (χ2n) is 6.49. The summed E-state index contributed by atoms with van der Waals surface area (Å²) >= 11 is 0. The van der Waals surface area contributed by atoms with Crippen LogP contribution in [0.1, 0.15) is 23.3 Å². The molecule has 26 heavy (non-hydrogen) atoms. The normalized spacial score (nSPS) is 17.4. The summed E-state index contributed by atoms with van der Waals surface area (Å²) in [5, 5.41) is 3.09. The van der Waals surface area contributed by atoms with Crippen LogP contribution in [0.15, 0.2) is 47.8 Å². The molecule has 0 saturated carbocycles. The molecule has 8 heteroatoms. The summed E-state index contributed by atoms with van der Waals surface area (Å²) in [6.07, 6.45) is 8.47. The summed E-state index contributed by atoms with van der Waals surface area (Å²) < 4.78 is 3.29. The molecule has 1 atom stereocenters. The van der Waals surface area contributed by atoms with E-state index in [1.807, 2.05) is 17.0 Å². The van der Waals surface area contributed by atoms with Crippen molar-refractivity contribution in [3.8, 4) is 0 Å². The van der Waals surface area contributed by atoms with Crippen LogP contribution >= 0.6 is 0 Å². The fourth-order valence-electron chi connectivity index (χ4n) is 3.38. The molecule has 3 aromatic rings. The minimum Gasteiger partial charge on any atom is -0.350 e. The largest absolute Gasteiger partial charge is 0.350 e. The minimum atomic E-state index is -0.144. The number of hydrogen-bond acceptors (Lipinski definition) is 5. The summed E-state index contributed by atoms with van der Waals surface area (Å²) in [5.41, 5.74) is 1.16. The molecule has 134 valence electrons. The van der Waals surface area contributed by atoms with Crippen molar-refractivity contribution in [2.75, 3.05) is 18.0 Å². The fraction of sp³-hybridized carbons (Fsp3) is 0.333. The number of pyridine rings is 1. The number of piperidine rings is 1. The molecule has 0 unspecified atom stereocenters. The van der Waals surface area contributed by atoms with E-state index in [1.165, 1.54) is 4.57 Å². The highest BCUT2D eigenvalue weighted by Gasteiger charge is 2.25. The van der Waals surface area contributed by atoms with Gasteiger partial charge in [-0.25, -0.2) is 9.97 Å². The van der Waals surface area contributed by atoms with Gasteiger partial charge in [-0.15, -0.1) is 0 Å². The number of fused-ring (bicyclic) bond motifs is 1. The Balaban J connectivity index is 1.52. The number of rotatable bonds is 3. The molecule has 1 saturated heterocycles. The lowest BCUT2D eigenvalue weighted by atomic mass is 10.1. The van der Waals surface area contributed by atoms with E-state index >= 15 is 0 Å². The van der Waals surface area contributed by atoms with E-state index in [1.54, 1.807) is 42.3 Å². The average molecular weight is 352 g/mol.